The summed E-state index contributed by atoms with van der Waals surface area (Å²) in [5.41, 5.74) is 0. The number of hydrogen-bond acceptors (Lipinski definition) is 4. The second-order valence-corrected chi connectivity index (χ2v) is 6.02. The van der Waals surface area contributed by atoms with Gasteiger partial charge in [0.25, 0.3) is 0 Å². The molecule has 0 saturated heterocycles. The molecule has 1 aliphatic rings. The van der Waals surface area contributed by atoms with Crippen molar-refractivity contribution in [3.8, 4) is 0 Å². The Hall–Kier alpha value is -0.220. The van der Waals surface area contributed by atoms with Crippen LogP contribution in [0, 0.1) is 5.92 Å². The molecule has 1 fully saturated rings. The zero-order valence-corrected chi connectivity index (χ0v) is 12.6. The van der Waals surface area contributed by atoms with E-state index in [0.29, 0.717) is 6.61 Å². The molecule has 1 N–H and O–H groups in total. The van der Waals surface area contributed by atoms with Crippen molar-refractivity contribution in [3.05, 3.63) is 0 Å². The lowest BCUT2D eigenvalue weighted by atomic mass is 10.1. The van der Waals surface area contributed by atoms with Crippen molar-refractivity contribution in [1.29, 1.82) is 0 Å². The predicted molar refractivity (Wildman–Crippen MR) is 78.0 cm³/mol. The van der Waals surface area contributed by atoms with E-state index >= 15 is 0 Å². The van der Waals surface area contributed by atoms with E-state index in [2.05, 4.69) is 12.2 Å². The molecule has 0 spiro atoms. The van der Waals surface area contributed by atoms with Crippen molar-refractivity contribution in [2.24, 2.45) is 5.92 Å². The molecule has 0 aliphatic heterocycles. The molecule has 0 aromatic heterocycles. The lowest BCUT2D eigenvalue weighted by Gasteiger charge is -2.17. The van der Waals surface area contributed by atoms with Gasteiger partial charge in [-0.15, -0.1) is 0 Å². The maximum atomic E-state index is 11.8. The fraction of sp³-hybridized carbons (Fsp3) is 0.929. The average molecular weight is 273 g/mol. The highest BCUT2D eigenvalue weighted by atomic mass is 32.2. The van der Waals surface area contributed by atoms with Crippen LogP contribution in [0.25, 0.3) is 0 Å². The van der Waals surface area contributed by atoms with Crippen LogP contribution in [0.2, 0.25) is 0 Å². The van der Waals surface area contributed by atoms with Gasteiger partial charge in [0.05, 0.1) is 6.61 Å². The number of esters is 1. The van der Waals surface area contributed by atoms with Gasteiger partial charge in [0.15, 0.2) is 0 Å². The summed E-state index contributed by atoms with van der Waals surface area (Å²) < 4.78 is 5.11. The highest BCUT2D eigenvalue weighted by Gasteiger charge is 2.20. The highest BCUT2D eigenvalue weighted by molar-refractivity contribution is 7.99. The second-order valence-electron chi connectivity index (χ2n) is 4.95. The fourth-order valence-corrected chi connectivity index (χ4v) is 3.59. The summed E-state index contributed by atoms with van der Waals surface area (Å²) in [5.74, 6) is 2.83. The Labute approximate surface area is 115 Å². The molecule has 0 aromatic carbocycles. The van der Waals surface area contributed by atoms with Crippen molar-refractivity contribution in [1.82, 2.24) is 5.32 Å². The van der Waals surface area contributed by atoms with Gasteiger partial charge in [-0.25, -0.2) is 0 Å². The SMILES string of the molecule is CCCNC(CSCC1CCCC1)C(=O)OCC. The van der Waals surface area contributed by atoms with E-state index in [1.54, 1.807) is 0 Å². The van der Waals surface area contributed by atoms with Crippen LogP contribution in [-0.4, -0.2) is 36.7 Å². The smallest absolute Gasteiger partial charge is 0.323 e. The third-order valence-corrected chi connectivity index (χ3v) is 4.60. The van der Waals surface area contributed by atoms with Crippen molar-refractivity contribution >= 4 is 17.7 Å². The lowest BCUT2D eigenvalue weighted by Crippen LogP contribution is -2.40. The van der Waals surface area contributed by atoms with Gasteiger partial charge in [-0.3, -0.25) is 4.79 Å². The van der Waals surface area contributed by atoms with Crippen molar-refractivity contribution in [2.45, 2.75) is 52.0 Å². The van der Waals surface area contributed by atoms with E-state index in [0.717, 1.165) is 24.6 Å². The number of nitrogens with one attached hydrogen (secondary N) is 1. The topological polar surface area (TPSA) is 38.3 Å². The minimum Gasteiger partial charge on any atom is -0.465 e. The van der Waals surface area contributed by atoms with Crippen LogP contribution < -0.4 is 5.32 Å². The maximum absolute atomic E-state index is 11.8. The first kappa shape index (κ1) is 15.8. The maximum Gasteiger partial charge on any atom is 0.323 e. The molecular weight excluding hydrogens is 246 g/mol. The number of thioether (sulfide) groups is 1. The molecule has 1 aliphatic carbocycles. The molecule has 0 bridgehead atoms. The molecule has 0 radical (unpaired) electrons. The monoisotopic (exact) mass is 273 g/mol. The summed E-state index contributed by atoms with van der Waals surface area (Å²) in [6.45, 7) is 5.32. The molecule has 1 atom stereocenters. The summed E-state index contributed by atoms with van der Waals surface area (Å²) in [5, 5.41) is 3.28. The van der Waals surface area contributed by atoms with Gasteiger partial charge < -0.3 is 10.1 Å². The Morgan fingerprint density at radius 2 is 2.11 bits per heavy atom. The van der Waals surface area contributed by atoms with Gasteiger partial charge in [0.2, 0.25) is 0 Å². The van der Waals surface area contributed by atoms with Gasteiger partial charge >= 0.3 is 5.97 Å². The molecule has 18 heavy (non-hydrogen) atoms. The molecule has 4 heteroatoms. The first-order valence-electron chi connectivity index (χ1n) is 7.25. The highest BCUT2D eigenvalue weighted by Crippen LogP contribution is 2.28. The number of carbonyl (C=O) groups excluding carboxylic acids is 1. The molecule has 1 unspecified atom stereocenters. The zero-order valence-electron chi connectivity index (χ0n) is 11.7. The molecular formula is C14H27NO2S. The zero-order chi connectivity index (χ0) is 13.2. The quantitative estimate of drug-likeness (QED) is 0.656. The van der Waals surface area contributed by atoms with Gasteiger partial charge in [-0.05, 0) is 44.4 Å². The summed E-state index contributed by atoms with van der Waals surface area (Å²) in [6.07, 6.45) is 6.57. The van der Waals surface area contributed by atoms with E-state index < -0.39 is 0 Å². The predicted octanol–water partition coefficient (Wildman–Crippen LogP) is 2.84. The summed E-state index contributed by atoms with van der Waals surface area (Å²) in [4.78, 5) is 11.8. The van der Waals surface area contributed by atoms with Crippen molar-refractivity contribution < 1.29 is 9.53 Å². The van der Waals surface area contributed by atoms with Gasteiger partial charge in [0, 0.05) is 5.75 Å². The minimum atomic E-state index is -0.128. The second kappa shape index (κ2) is 9.68. The third-order valence-electron chi connectivity index (χ3n) is 3.32. The van der Waals surface area contributed by atoms with Crippen molar-refractivity contribution in [3.63, 3.8) is 0 Å². The number of carbonyl (C=O) groups is 1. The van der Waals surface area contributed by atoms with Gasteiger partial charge in [0.1, 0.15) is 6.04 Å². The Morgan fingerprint density at radius 3 is 2.72 bits per heavy atom. The Kier molecular flexibility index (Phi) is 8.51. The summed E-state index contributed by atoms with van der Waals surface area (Å²) >= 11 is 1.90. The van der Waals surface area contributed by atoms with E-state index in [4.69, 9.17) is 4.74 Å². The number of rotatable bonds is 9. The fourth-order valence-electron chi connectivity index (χ4n) is 2.30. The third kappa shape index (κ3) is 6.10. The van der Waals surface area contributed by atoms with Crippen molar-refractivity contribution in [2.75, 3.05) is 24.7 Å². The molecule has 3 nitrogen and oxygen atoms in total. The van der Waals surface area contributed by atoms with Crippen LogP contribution in [0.4, 0.5) is 0 Å². The molecule has 1 rings (SSSR count). The van der Waals surface area contributed by atoms with Crippen LogP contribution in [0.5, 0.6) is 0 Å². The average Bonchev–Trinajstić information content (AvgIpc) is 2.86. The van der Waals surface area contributed by atoms with Gasteiger partial charge in [-0.1, -0.05) is 19.8 Å². The van der Waals surface area contributed by atoms with E-state index in [1.165, 1.54) is 31.4 Å². The van der Waals surface area contributed by atoms with Crippen LogP contribution in [0.15, 0.2) is 0 Å². The number of hydrogen-bond donors (Lipinski definition) is 1. The summed E-state index contributed by atoms with van der Waals surface area (Å²) in [6, 6.07) is -0.128. The van der Waals surface area contributed by atoms with Gasteiger partial charge in [-0.2, -0.15) is 11.8 Å². The largest absolute Gasteiger partial charge is 0.465 e. The molecule has 1 saturated carbocycles. The van der Waals surface area contributed by atoms with E-state index in [-0.39, 0.29) is 12.0 Å². The Balaban J connectivity index is 2.23. The molecule has 106 valence electrons. The molecule has 0 heterocycles. The Bertz CT molecular complexity index is 230. The van der Waals surface area contributed by atoms with E-state index in [9.17, 15) is 4.79 Å². The van der Waals surface area contributed by atoms with Crippen LogP contribution in [-0.2, 0) is 9.53 Å². The standard InChI is InChI=1S/C14H27NO2S/c1-3-9-15-13(14(16)17-4-2)11-18-10-12-7-5-6-8-12/h12-13,15H,3-11H2,1-2H3. The lowest BCUT2D eigenvalue weighted by molar-refractivity contribution is -0.144. The summed E-state index contributed by atoms with van der Waals surface area (Å²) in [7, 11) is 0. The molecule has 0 aromatic rings. The van der Waals surface area contributed by atoms with Crippen LogP contribution >= 0.6 is 11.8 Å². The normalized spacial score (nSPS) is 17.9. The first-order valence-corrected chi connectivity index (χ1v) is 8.41. The van der Waals surface area contributed by atoms with E-state index in [1.807, 2.05) is 18.7 Å². The minimum absolute atomic E-state index is 0.0927. The first-order chi connectivity index (χ1) is 8.77. The van der Waals surface area contributed by atoms with Crippen LogP contribution in [0.3, 0.4) is 0 Å². The Morgan fingerprint density at radius 1 is 1.39 bits per heavy atom. The molecule has 0 amide bonds. The van der Waals surface area contributed by atoms with Crippen LogP contribution in [0.1, 0.15) is 46.0 Å². The number of ether oxygens (including phenoxy) is 1.